The molecule has 0 aromatic carbocycles. The van der Waals surface area contributed by atoms with Crippen LogP contribution in [-0.4, -0.2) is 96.7 Å². The number of hydrogen-bond acceptors (Lipinski definition) is 15. The number of carbonyl (C=O) groups is 4. The lowest BCUT2D eigenvalue weighted by Gasteiger charge is -2.21. The number of esters is 4. The number of phosphoric acid groups is 2. The molecule has 0 amide bonds. The number of aliphatic hydroxyl groups is 1. The van der Waals surface area contributed by atoms with E-state index in [-0.39, 0.29) is 25.7 Å². The first-order valence-corrected chi connectivity index (χ1v) is 41.8. The van der Waals surface area contributed by atoms with E-state index in [0.29, 0.717) is 25.7 Å². The Morgan fingerprint density at radius 2 is 0.531 bits per heavy atom. The third kappa shape index (κ3) is 70.7. The number of aliphatic hydroxyl groups excluding tert-OH is 1. The van der Waals surface area contributed by atoms with E-state index in [1.807, 2.05) is 0 Å². The summed E-state index contributed by atoms with van der Waals surface area (Å²) in [4.78, 5) is 72.8. The summed E-state index contributed by atoms with van der Waals surface area (Å²) >= 11 is 0. The first-order valence-electron chi connectivity index (χ1n) is 38.8. The van der Waals surface area contributed by atoms with E-state index in [0.717, 1.165) is 161 Å². The second-order valence-electron chi connectivity index (χ2n) is 25.9. The van der Waals surface area contributed by atoms with E-state index in [4.69, 9.17) is 37.0 Å². The third-order valence-corrected chi connectivity index (χ3v) is 18.2. The van der Waals surface area contributed by atoms with Crippen molar-refractivity contribution in [2.24, 2.45) is 0 Å². The van der Waals surface area contributed by atoms with Gasteiger partial charge in [-0.15, -0.1) is 0 Å². The number of unbranched alkanes of at least 4 members (excludes halogenated alkanes) is 33. The summed E-state index contributed by atoms with van der Waals surface area (Å²) in [6, 6.07) is 0. The van der Waals surface area contributed by atoms with Crippen molar-refractivity contribution in [3.05, 3.63) is 85.1 Å². The molecule has 0 saturated heterocycles. The van der Waals surface area contributed by atoms with Crippen LogP contribution in [0.1, 0.15) is 336 Å². The molecule has 5 atom stereocenters. The zero-order valence-corrected chi connectivity index (χ0v) is 63.7. The van der Waals surface area contributed by atoms with Crippen LogP contribution in [0.25, 0.3) is 0 Å². The van der Waals surface area contributed by atoms with E-state index < -0.39 is 97.5 Å². The fourth-order valence-corrected chi connectivity index (χ4v) is 12.0. The van der Waals surface area contributed by atoms with Gasteiger partial charge in [0.15, 0.2) is 12.2 Å². The normalized spacial score (nSPS) is 14.4. The zero-order chi connectivity index (χ0) is 71.8. The lowest BCUT2D eigenvalue weighted by Crippen LogP contribution is -2.30. The third-order valence-electron chi connectivity index (χ3n) is 16.3. The molecule has 0 aliphatic rings. The molecule has 5 unspecified atom stereocenters. The fraction of sp³-hybridized carbons (Fsp3) is 0.772. The van der Waals surface area contributed by atoms with Crippen LogP contribution < -0.4 is 0 Å². The first kappa shape index (κ1) is 94.2. The largest absolute Gasteiger partial charge is 0.472 e. The average Bonchev–Trinajstić information content (AvgIpc) is 0.986. The van der Waals surface area contributed by atoms with Crippen molar-refractivity contribution in [2.45, 2.75) is 354 Å². The lowest BCUT2D eigenvalue weighted by molar-refractivity contribution is -0.161. The minimum atomic E-state index is -4.98. The van der Waals surface area contributed by atoms with Gasteiger partial charge in [-0.25, -0.2) is 9.13 Å². The van der Waals surface area contributed by atoms with E-state index in [2.05, 4.69) is 113 Å². The highest BCUT2D eigenvalue weighted by Crippen LogP contribution is 2.45. The molecule has 3 N–H and O–H groups in total. The zero-order valence-electron chi connectivity index (χ0n) is 62.0. The molecule has 0 fully saturated rings. The van der Waals surface area contributed by atoms with Gasteiger partial charge < -0.3 is 33.8 Å². The van der Waals surface area contributed by atoms with Crippen LogP contribution in [0.4, 0.5) is 0 Å². The standard InChI is InChI=1S/C79H140O17P2/c1-5-9-13-17-21-25-29-32-35-36-39-41-45-48-52-56-60-64-77(82)90-70-75(96-79(84)66-62-58-54-50-46-42-38-34-31-27-23-19-15-11-7-3)72-94-98(87,88)92-68-73(80)67-91-97(85,86)93-71-74(95-78(83)65-61-57-53-49-43-28-24-20-16-12-8-4)69-89-76(81)63-59-55-51-47-44-40-37-33-30-26-22-18-14-10-6-2/h9,13,21,23,25,27,32-35,37-39,41,73-75,80H,5-8,10-12,14-20,22,24,26,28-31,36,40,42-72H2,1-4H3,(H,85,86)(H,87,88)/b13-9-,25-21-,27-23-,35-32-,37-33-,38-34-,41-39-. The maximum absolute atomic E-state index is 13.1. The van der Waals surface area contributed by atoms with Gasteiger partial charge >= 0.3 is 39.5 Å². The summed E-state index contributed by atoms with van der Waals surface area (Å²) in [5.41, 5.74) is 0. The predicted molar refractivity (Wildman–Crippen MR) is 399 cm³/mol. The van der Waals surface area contributed by atoms with Gasteiger partial charge in [-0.05, 0) is 122 Å². The highest BCUT2D eigenvalue weighted by molar-refractivity contribution is 7.47. The van der Waals surface area contributed by atoms with E-state index in [1.165, 1.54) is 96.3 Å². The van der Waals surface area contributed by atoms with Crippen LogP contribution >= 0.6 is 15.6 Å². The van der Waals surface area contributed by atoms with Gasteiger partial charge in [-0.2, -0.15) is 0 Å². The van der Waals surface area contributed by atoms with Crippen molar-refractivity contribution in [1.29, 1.82) is 0 Å². The monoisotopic (exact) mass is 1420 g/mol. The summed E-state index contributed by atoms with van der Waals surface area (Å²) < 4.78 is 68.5. The summed E-state index contributed by atoms with van der Waals surface area (Å²) in [6.07, 6.45) is 72.8. The molecular weight excluding hydrogens is 1280 g/mol. The molecular formula is C79H140O17P2. The molecule has 19 heteroatoms. The SMILES string of the molecule is CC/C=C\C/C=C\C/C=C\C/C=C\CCCCCCC(=O)OCC(COP(=O)(O)OCC(O)COP(=O)(O)OCC(COC(=O)CCCCCCC/C=C\CCCCCCCC)OC(=O)CCCCCCCCCCCCC)OC(=O)CCCCCCC/C=C\C/C=C\CCCCC. The molecule has 0 heterocycles. The van der Waals surface area contributed by atoms with Crippen LogP contribution in [0.2, 0.25) is 0 Å². The van der Waals surface area contributed by atoms with E-state index >= 15 is 0 Å². The number of hydrogen-bond donors (Lipinski definition) is 3. The summed E-state index contributed by atoms with van der Waals surface area (Å²) in [5.74, 6) is -2.21. The summed E-state index contributed by atoms with van der Waals surface area (Å²) in [5, 5.41) is 10.6. The Hall–Kier alpha value is -3.76. The van der Waals surface area contributed by atoms with Gasteiger partial charge in [0.1, 0.15) is 19.3 Å². The first-order chi connectivity index (χ1) is 47.7. The van der Waals surface area contributed by atoms with Gasteiger partial charge in [0.25, 0.3) is 0 Å². The van der Waals surface area contributed by atoms with Crippen LogP contribution in [0.15, 0.2) is 85.1 Å². The van der Waals surface area contributed by atoms with Gasteiger partial charge in [0.2, 0.25) is 0 Å². The molecule has 0 spiro atoms. The van der Waals surface area contributed by atoms with Crippen molar-refractivity contribution in [2.75, 3.05) is 39.6 Å². The van der Waals surface area contributed by atoms with Crippen molar-refractivity contribution >= 4 is 39.5 Å². The number of ether oxygens (including phenoxy) is 4. The molecule has 0 aliphatic heterocycles. The second-order valence-corrected chi connectivity index (χ2v) is 28.8. The molecule has 0 aromatic heterocycles. The topological polar surface area (TPSA) is 237 Å². The van der Waals surface area contributed by atoms with Crippen molar-refractivity contribution in [1.82, 2.24) is 0 Å². The molecule has 0 aliphatic carbocycles. The van der Waals surface area contributed by atoms with E-state index in [1.54, 1.807) is 0 Å². The van der Waals surface area contributed by atoms with Gasteiger partial charge in [0.05, 0.1) is 26.4 Å². The Kier molecular flexibility index (Phi) is 68.9. The predicted octanol–water partition coefficient (Wildman–Crippen LogP) is 22.2. The Morgan fingerprint density at radius 1 is 0.296 bits per heavy atom. The summed E-state index contributed by atoms with van der Waals surface area (Å²) in [6.45, 7) is 4.71. The van der Waals surface area contributed by atoms with E-state index in [9.17, 15) is 43.2 Å². The maximum Gasteiger partial charge on any atom is 0.472 e. The van der Waals surface area contributed by atoms with Gasteiger partial charge in [0, 0.05) is 25.7 Å². The van der Waals surface area contributed by atoms with Crippen molar-refractivity contribution in [3.63, 3.8) is 0 Å². The maximum atomic E-state index is 13.1. The van der Waals surface area contributed by atoms with Gasteiger partial charge in [-0.1, -0.05) is 273 Å². The highest BCUT2D eigenvalue weighted by atomic mass is 31.2. The Labute approximate surface area is 595 Å². The van der Waals surface area contributed by atoms with Gasteiger partial charge in [-0.3, -0.25) is 37.3 Å². The fourth-order valence-electron chi connectivity index (χ4n) is 10.4. The molecule has 98 heavy (non-hydrogen) atoms. The quantitative estimate of drug-likeness (QED) is 0.0169. The number of rotatable bonds is 73. The minimum absolute atomic E-state index is 0.0742. The molecule has 568 valence electrons. The Balaban J connectivity index is 5.35. The molecule has 0 saturated carbocycles. The Morgan fingerprint density at radius 3 is 0.847 bits per heavy atom. The number of phosphoric ester groups is 2. The van der Waals surface area contributed by atoms with Crippen molar-refractivity contribution < 1.29 is 80.2 Å². The Bertz CT molecular complexity index is 2190. The van der Waals surface area contributed by atoms with Crippen LogP contribution in [0.5, 0.6) is 0 Å². The molecule has 0 aromatic rings. The number of allylic oxidation sites excluding steroid dienone is 14. The lowest BCUT2D eigenvalue weighted by atomic mass is 10.1. The second kappa shape index (κ2) is 71.6. The van der Waals surface area contributed by atoms with Crippen LogP contribution in [0.3, 0.4) is 0 Å². The average molecular weight is 1420 g/mol. The number of carbonyl (C=O) groups excluding carboxylic acids is 4. The van der Waals surface area contributed by atoms with Crippen LogP contribution in [-0.2, 0) is 65.4 Å². The molecule has 0 rings (SSSR count). The molecule has 0 radical (unpaired) electrons. The smallest absolute Gasteiger partial charge is 0.462 e. The minimum Gasteiger partial charge on any atom is -0.462 e. The summed E-state index contributed by atoms with van der Waals surface area (Å²) in [7, 11) is -9.95. The molecule has 17 nitrogen and oxygen atoms in total. The van der Waals surface area contributed by atoms with Crippen molar-refractivity contribution in [3.8, 4) is 0 Å². The molecule has 0 bridgehead atoms. The van der Waals surface area contributed by atoms with Crippen LogP contribution in [0, 0.1) is 0 Å². The highest BCUT2D eigenvalue weighted by Gasteiger charge is 2.30.